The smallest absolute Gasteiger partial charge is 0.349 e. The van der Waals surface area contributed by atoms with Gasteiger partial charge in [0.15, 0.2) is 0 Å². The molecule has 1 aromatic carbocycles. The summed E-state index contributed by atoms with van der Waals surface area (Å²) in [5, 5.41) is 2.87. The maximum atomic E-state index is 12.6. The number of rotatable bonds is 2. The van der Waals surface area contributed by atoms with Gasteiger partial charge in [-0.15, -0.1) is 0 Å². The normalized spacial score (nSPS) is 17.2. The maximum absolute atomic E-state index is 12.6. The fraction of sp³-hybridized carbons (Fsp3) is 0.353. The van der Waals surface area contributed by atoms with Crippen LogP contribution >= 0.6 is 0 Å². The van der Waals surface area contributed by atoms with Crippen LogP contribution in [0, 0.1) is 6.92 Å². The highest BCUT2D eigenvalue weighted by Gasteiger charge is 2.30. The molecular formula is C17H16F3N3O. The van der Waals surface area contributed by atoms with Crippen molar-refractivity contribution in [2.75, 3.05) is 0 Å². The number of aryl methyl sites for hydroxylation is 2. The van der Waals surface area contributed by atoms with Crippen LogP contribution in [0.2, 0.25) is 0 Å². The summed E-state index contributed by atoms with van der Waals surface area (Å²) in [6, 6.07) is 4.16. The van der Waals surface area contributed by atoms with E-state index in [1.54, 1.807) is 6.20 Å². The lowest BCUT2D eigenvalue weighted by Gasteiger charge is -2.24. The van der Waals surface area contributed by atoms with Gasteiger partial charge in [0.2, 0.25) is 0 Å². The van der Waals surface area contributed by atoms with Crippen LogP contribution in [0.5, 0.6) is 0 Å². The third-order valence-electron chi connectivity index (χ3n) is 4.08. The number of nitrogens with one attached hydrogen (secondary N) is 1. The Morgan fingerprint density at radius 2 is 1.96 bits per heavy atom. The molecule has 126 valence electrons. The molecule has 2 aromatic rings. The van der Waals surface area contributed by atoms with Crippen LogP contribution in [0.4, 0.5) is 13.2 Å². The number of carbonyl (C=O) groups excluding carboxylic acids is 1. The number of benzene rings is 1. The molecule has 4 nitrogen and oxygen atoms in total. The summed E-state index contributed by atoms with van der Waals surface area (Å²) < 4.78 is 37.7. The Morgan fingerprint density at radius 1 is 1.25 bits per heavy atom. The summed E-state index contributed by atoms with van der Waals surface area (Å²) in [6.45, 7) is 1.83. The minimum absolute atomic E-state index is 0.0707. The molecule has 0 bridgehead atoms. The van der Waals surface area contributed by atoms with Crippen molar-refractivity contribution < 1.29 is 18.0 Å². The van der Waals surface area contributed by atoms with E-state index in [2.05, 4.69) is 15.3 Å². The number of hydrogen-bond donors (Lipinski definition) is 1. The largest absolute Gasteiger partial charge is 0.416 e. The Labute approximate surface area is 137 Å². The first kappa shape index (κ1) is 16.4. The lowest BCUT2D eigenvalue weighted by molar-refractivity contribution is -0.137. The predicted molar refractivity (Wildman–Crippen MR) is 81.5 cm³/mol. The molecule has 0 fully saturated rings. The van der Waals surface area contributed by atoms with E-state index in [-0.39, 0.29) is 17.5 Å². The molecule has 3 rings (SSSR count). The van der Waals surface area contributed by atoms with Crippen LogP contribution in [0.15, 0.2) is 30.5 Å². The fourth-order valence-electron chi connectivity index (χ4n) is 2.81. The topological polar surface area (TPSA) is 54.9 Å². The summed E-state index contributed by atoms with van der Waals surface area (Å²) in [6.07, 6.45) is -0.511. The van der Waals surface area contributed by atoms with Gasteiger partial charge in [0.05, 0.1) is 5.56 Å². The Morgan fingerprint density at radius 3 is 2.62 bits per heavy atom. The van der Waals surface area contributed by atoms with Gasteiger partial charge in [-0.05, 0) is 56.0 Å². The molecule has 1 N–H and O–H groups in total. The Bertz CT molecular complexity index is 757. The van der Waals surface area contributed by atoms with Gasteiger partial charge in [-0.3, -0.25) is 4.79 Å². The highest BCUT2D eigenvalue weighted by atomic mass is 19.4. The highest BCUT2D eigenvalue weighted by molar-refractivity contribution is 5.94. The van der Waals surface area contributed by atoms with Gasteiger partial charge in [0.1, 0.15) is 5.82 Å². The molecule has 1 heterocycles. The standard InChI is InChI=1S/C17H16F3N3O/c1-10-21-9-12-8-14(6-7-15(12)22-10)23-16(24)11-2-4-13(5-3-11)17(18,19)20/h2-5,9,14H,6-8H2,1H3,(H,23,24)/t14-/m0/s1. The van der Waals surface area contributed by atoms with Crippen molar-refractivity contribution in [3.8, 4) is 0 Å². The maximum Gasteiger partial charge on any atom is 0.416 e. The number of fused-ring (bicyclic) bond motifs is 1. The zero-order valence-electron chi connectivity index (χ0n) is 13.0. The molecule has 0 spiro atoms. The van der Waals surface area contributed by atoms with Crippen LogP contribution in [-0.2, 0) is 19.0 Å². The summed E-state index contributed by atoms with van der Waals surface area (Å²) in [7, 11) is 0. The van der Waals surface area contributed by atoms with Gasteiger partial charge in [-0.25, -0.2) is 9.97 Å². The summed E-state index contributed by atoms with van der Waals surface area (Å²) in [5.41, 5.74) is 1.46. The van der Waals surface area contributed by atoms with E-state index in [1.165, 1.54) is 12.1 Å². The van der Waals surface area contributed by atoms with E-state index in [4.69, 9.17) is 0 Å². The Balaban J connectivity index is 1.66. The number of carbonyl (C=O) groups is 1. The molecule has 1 amide bonds. The van der Waals surface area contributed by atoms with E-state index in [0.717, 1.165) is 42.1 Å². The molecular weight excluding hydrogens is 319 g/mol. The van der Waals surface area contributed by atoms with Gasteiger partial charge in [-0.1, -0.05) is 0 Å². The third-order valence-corrected chi connectivity index (χ3v) is 4.08. The van der Waals surface area contributed by atoms with Crippen LogP contribution < -0.4 is 5.32 Å². The molecule has 1 aromatic heterocycles. The first-order valence-corrected chi connectivity index (χ1v) is 7.62. The lowest BCUT2D eigenvalue weighted by atomic mass is 9.92. The van der Waals surface area contributed by atoms with Gasteiger partial charge in [-0.2, -0.15) is 13.2 Å². The molecule has 0 saturated carbocycles. The van der Waals surface area contributed by atoms with Gasteiger partial charge >= 0.3 is 6.18 Å². The minimum atomic E-state index is -4.40. The van der Waals surface area contributed by atoms with Gasteiger partial charge in [0.25, 0.3) is 5.91 Å². The van der Waals surface area contributed by atoms with Crippen molar-refractivity contribution in [3.05, 3.63) is 58.7 Å². The summed E-state index contributed by atoms with van der Waals surface area (Å²) in [5.74, 6) is 0.353. The lowest BCUT2D eigenvalue weighted by Crippen LogP contribution is -2.39. The molecule has 7 heteroatoms. The predicted octanol–water partition coefficient (Wildman–Crippen LogP) is 3.09. The van der Waals surface area contributed by atoms with Crippen LogP contribution in [0.25, 0.3) is 0 Å². The second-order valence-corrected chi connectivity index (χ2v) is 5.88. The molecule has 1 atom stereocenters. The molecule has 1 aliphatic carbocycles. The molecule has 0 radical (unpaired) electrons. The molecule has 24 heavy (non-hydrogen) atoms. The quantitative estimate of drug-likeness (QED) is 0.917. The van der Waals surface area contributed by atoms with Crippen molar-refractivity contribution in [2.45, 2.75) is 38.4 Å². The monoisotopic (exact) mass is 335 g/mol. The number of nitrogens with zero attached hydrogens (tertiary/aromatic N) is 2. The Kier molecular flexibility index (Phi) is 4.26. The van der Waals surface area contributed by atoms with Gasteiger partial charge < -0.3 is 5.32 Å². The average molecular weight is 335 g/mol. The SMILES string of the molecule is Cc1ncc2c(n1)CC[C@H](NC(=O)c1ccc(C(F)(F)F)cc1)C2. The second-order valence-electron chi connectivity index (χ2n) is 5.88. The number of aromatic nitrogens is 2. The van der Waals surface area contributed by atoms with Crippen LogP contribution in [-0.4, -0.2) is 21.9 Å². The van der Waals surface area contributed by atoms with E-state index < -0.39 is 11.7 Å². The van der Waals surface area contributed by atoms with E-state index in [0.29, 0.717) is 6.42 Å². The van der Waals surface area contributed by atoms with Gasteiger partial charge in [0, 0.05) is 23.5 Å². The van der Waals surface area contributed by atoms with Crippen molar-refractivity contribution in [1.29, 1.82) is 0 Å². The Hall–Kier alpha value is -2.44. The summed E-state index contributed by atoms with van der Waals surface area (Å²) >= 11 is 0. The van der Waals surface area contributed by atoms with Crippen molar-refractivity contribution in [2.24, 2.45) is 0 Å². The van der Waals surface area contributed by atoms with Crippen molar-refractivity contribution >= 4 is 5.91 Å². The van der Waals surface area contributed by atoms with E-state index >= 15 is 0 Å². The minimum Gasteiger partial charge on any atom is -0.349 e. The van der Waals surface area contributed by atoms with E-state index in [1.807, 2.05) is 6.92 Å². The number of amides is 1. The zero-order valence-corrected chi connectivity index (χ0v) is 13.0. The first-order chi connectivity index (χ1) is 11.3. The molecule has 0 saturated heterocycles. The first-order valence-electron chi connectivity index (χ1n) is 7.62. The molecule has 1 aliphatic rings. The van der Waals surface area contributed by atoms with Crippen molar-refractivity contribution in [3.63, 3.8) is 0 Å². The van der Waals surface area contributed by atoms with Crippen LogP contribution in [0.3, 0.4) is 0 Å². The molecule has 0 unspecified atom stereocenters. The average Bonchev–Trinajstić information content (AvgIpc) is 2.54. The highest BCUT2D eigenvalue weighted by Crippen LogP contribution is 2.29. The number of hydrogen-bond acceptors (Lipinski definition) is 3. The second kappa shape index (κ2) is 6.22. The summed E-state index contributed by atoms with van der Waals surface area (Å²) in [4.78, 5) is 20.8. The van der Waals surface area contributed by atoms with E-state index in [9.17, 15) is 18.0 Å². The van der Waals surface area contributed by atoms with Crippen LogP contribution in [0.1, 0.15) is 39.4 Å². The third kappa shape index (κ3) is 3.55. The number of alkyl halides is 3. The van der Waals surface area contributed by atoms with Crippen molar-refractivity contribution in [1.82, 2.24) is 15.3 Å². The molecule has 0 aliphatic heterocycles. The fourth-order valence-corrected chi connectivity index (χ4v) is 2.81. The zero-order chi connectivity index (χ0) is 17.3. The number of halogens is 3.